The van der Waals surface area contributed by atoms with Gasteiger partial charge in [-0.2, -0.15) is 0 Å². The van der Waals surface area contributed by atoms with Gasteiger partial charge in [0.05, 0.1) is 5.02 Å². The number of piperazine rings is 1. The summed E-state index contributed by atoms with van der Waals surface area (Å²) in [5.74, 6) is 1.33. The van der Waals surface area contributed by atoms with Gasteiger partial charge in [-0.3, -0.25) is 4.79 Å². The van der Waals surface area contributed by atoms with E-state index in [2.05, 4.69) is 14.9 Å². The summed E-state index contributed by atoms with van der Waals surface area (Å²) in [5, 5.41) is 0.0905. The molecule has 1 aromatic carbocycles. The van der Waals surface area contributed by atoms with E-state index < -0.39 is 5.82 Å². The van der Waals surface area contributed by atoms with Crippen LogP contribution in [0.5, 0.6) is 0 Å². The number of carbonyl (C=O) groups is 1. The molecule has 8 heteroatoms. The van der Waals surface area contributed by atoms with E-state index >= 15 is 0 Å². The molecular weight excluding hydrogens is 393 g/mol. The van der Waals surface area contributed by atoms with Gasteiger partial charge in [-0.05, 0) is 36.2 Å². The third-order valence-corrected chi connectivity index (χ3v) is 5.36. The number of carbonyl (C=O) groups excluding carboxylic acids is 1. The second-order valence-electron chi connectivity index (χ2n) is 6.94. The van der Waals surface area contributed by atoms with Gasteiger partial charge < -0.3 is 14.4 Å². The van der Waals surface area contributed by atoms with E-state index in [0.29, 0.717) is 25.9 Å². The predicted octanol–water partition coefficient (Wildman–Crippen LogP) is 3.34. The average molecular weight is 414 g/mol. The van der Waals surface area contributed by atoms with E-state index in [-0.39, 0.29) is 10.9 Å². The maximum absolute atomic E-state index is 13.2. The van der Waals surface area contributed by atoms with Gasteiger partial charge in [-0.25, -0.2) is 14.4 Å². The van der Waals surface area contributed by atoms with Gasteiger partial charge in [-0.1, -0.05) is 17.7 Å². The number of halogens is 2. The molecule has 0 atom stereocenters. The molecular formula is C21H21ClFN5O. The molecule has 0 bridgehead atoms. The van der Waals surface area contributed by atoms with Crippen LogP contribution in [0.15, 0.2) is 55.1 Å². The monoisotopic (exact) mass is 413 g/mol. The lowest BCUT2D eigenvalue weighted by atomic mass is 10.1. The van der Waals surface area contributed by atoms with Gasteiger partial charge >= 0.3 is 0 Å². The van der Waals surface area contributed by atoms with E-state index in [1.807, 2.05) is 40.1 Å². The molecule has 4 rings (SSSR count). The van der Waals surface area contributed by atoms with Crippen molar-refractivity contribution in [1.29, 1.82) is 0 Å². The largest absolute Gasteiger partial charge is 0.353 e. The number of anilines is 1. The number of aromatic nitrogens is 3. The fourth-order valence-electron chi connectivity index (χ4n) is 3.43. The van der Waals surface area contributed by atoms with Crippen LogP contribution in [0.25, 0.3) is 5.82 Å². The molecule has 0 spiro atoms. The second-order valence-corrected chi connectivity index (χ2v) is 7.35. The number of nitrogens with zero attached hydrogens (tertiary/aromatic N) is 5. The maximum Gasteiger partial charge on any atom is 0.223 e. The average Bonchev–Trinajstić information content (AvgIpc) is 3.30. The molecule has 0 N–H and O–H groups in total. The van der Waals surface area contributed by atoms with Crippen molar-refractivity contribution in [3.8, 4) is 5.82 Å². The Kier molecular flexibility index (Phi) is 5.76. The van der Waals surface area contributed by atoms with Crippen LogP contribution in [-0.4, -0.2) is 51.5 Å². The first-order chi connectivity index (χ1) is 14.1. The summed E-state index contributed by atoms with van der Waals surface area (Å²) in [5.41, 5.74) is 0.863. The quantitative estimate of drug-likeness (QED) is 0.643. The maximum atomic E-state index is 13.2. The first-order valence-corrected chi connectivity index (χ1v) is 9.90. The molecule has 1 amide bonds. The fraction of sp³-hybridized carbons (Fsp3) is 0.286. The zero-order valence-corrected chi connectivity index (χ0v) is 16.6. The van der Waals surface area contributed by atoms with Crippen LogP contribution in [0.1, 0.15) is 12.0 Å². The van der Waals surface area contributed by atoms with Crippen molar-refractivity contribution in [3.63, 3.8) is 0 Å². The highest BCUT2D eigenvalue weighted by molar-refractivity contribution is 6.30. The molecule has 1 aliphatic rings. The summed E-state index contributed by atoms with van der Waals surface area (Å²) in [4.78, 5) is 25.3. The van der Waals surface area contributed by atoms with E-state index in [4.69, 9.17) is 11.6 Å². The molecule has 1 aliphatic heterocycles. The number of aryl methyl sites for hydroxylation is 1. The summed E-state index contributed by atoms with van der Waals surface area (Å²) in [6.45, 7) is 2.73. The van der Waals surface area contributed by atoms with Crippen molar-refractivity contribution in [1.82, 2.24) is 19.4 Å². The Morgan fingerprint density at radius 3 is 2.48 bits per heavy atom. The highest BCUT2D eigenvalue weighted by atomic mass is 35.5. The van der Waals surface area contributed by atoms with Crippen LogP contribution < -0.4 is 4.90 Å². The number of rotatable bonds is 5. The zero-order valence-electron chi connectivity index (χ0n) is 15.8. The minimum Gasteiger partial charge on any atom is -0.353 e. The molecule has 0 radical (unpaired) electrons. The lowest BCUT2D eigenvalue weighted by Gasteiger charge is -2.35. The van der Waals surface area contributed by atoms with Gasteiger partial charge in [0, 0.05) is 51.1 Å². The van der Waals surface area contributed by atoms with Gasteiger partial charge in [0.15, 0.2) is 0 Å². The Balaban J connectivity index is 1.31. The molecule has 0 saturated carbocycles. The summed E-state index contributed by atoms with van der Waals surface area (Å²) in [7, 11) is 0. The first-order valence-electron chi connectivity index (χ1n) is 9.52. The smallest absolute Gasteiger partial charge is 0.223 e. The predicted molar refractivity (Wildman–Crippen MR) is 110 cm³/mol. The molecule has 29 heavy (non-hydrogen) atoms. The van der Waals surface area contributed by atoms with E-state index in [1.165, 1.54) is 6.07 Å². The lowest BCUT2D eigenvalue weighted by molar-refractivity contribution is -0.131. The van der Waals surface area contributed by atoms with Crippen LogP contribution in [0.3, 0.4) is 0 Å². The molecule has 6 nitrogen and oxygen atoms in total. The summed E-state index contributed by atoms with van der Waals surface area (Å²) in [6, 6.07) is 10.4. The first kappa shape index (κ1) is 19.4. The molecule has 1 saturated heterocycles. The molecule has 1 fully saturated rings. The molecule has 0 unspecified atom stereocenters. The minimum absolute atomic E-state index is 0.0905. The normalized spacial score (nSPS) is 14.3. The fourth-order valence-corrected chi connectivity index (χ4v) is 3.63. The van der Waals surface area contributed by atoms with Crippen molar-refractivity contribution < 1.29 is 9.18 Å². The highest BCUT2D eigenvalue weighted by Crippen LogP contribution is 2.19. The Hall–Kier alpha value is -2.93. The SMILES string of the molecule is O=C(CCc1ccc(F)c(Cl)c1)N1CCN(c2cc(-n3cccc3)ncn2)CC1. The zero-order chi connectivity index (χ0) is 20.2. The number of amides is 1. The van der Waals surface area contributed by atoms with Crippen LogP contribution in [0.2, 0.25) is 5.02 Å². The topological polar surface area (TPSA) is 54.3 Å². The Morgan fingerprint density at radius 2 is 1.76 bits per heavy atom. The van der Waals surface area contributed by atoms with Crippen molar-refractivity contribution in [2.24, 2.45) is 0 Å². The number of hydrogen-bond acceptors (Lipinski definition) is 4. The van der Waals surface area contributed by atoms with Gasteiger partial charge in [0.1, 0.15) is 23.8 Å². The standard InChI is InChI=1S/C21H21ClFN5O/c22-17-13-16(3-5-18(17)23)4-6-21(29)28-11-9-27(10-12-28)20-14-19(24-15-25-20)26-7-1-2-8-26/h1-3,5,7-8,13-15H,4,6,9-12H2. The van der Waals surface area contributed by atoms with Crippen molar-refractivity contribution in [2.45, 2.75) is 12.8 Å². The molecule has 150 valence electrons. The third-order valence-electron chi connectivity index (χ3n) is 5.08. The Labute approximate surface area is 173 Å². The minimum atomic E-state index is -0.442. The molecule has 0 aliphatic carbocycles. The molecule has 3 aromatic rings. The summed E-state index contributed by atoms with van der Waals surface area (Å²) >= 11 is 5.81. The van der Waals surface area contributed by atoms with Crippen LogP contribution in [-0.2, 0) is 11.2 Å². The van der Waals surface area contributed by atoms with Crippen molar-refractivity contribution in [3.05, 3.63) is 71.5 Å². The molecule has 3 heterocycles. The Morgan fingerprint density at radius 1 is 1.03 bits per heavy atom. The molecule has 2 aromatic heterocycles. The number of benzene rings is 1. The second kappa shape index (κ2) is 8.61. The Bertz CT molecular complexity index is 986. The van der Waals surface area contributed by atoms with Crippen molar-refractivity contribution >= 4 is 23.3 Å². The highest BCUT2D eigenvalue weighted by Gasteiger charge is 2.22. The third kappa shape index (κ3) is 4.56. The summed E-state index contributed by atoms with van der Waals surface area (Å²) in [6.07, 6.45) is 6.38. The summed E-state index contributed by atoms with van der Waals surface area (Å²) < 4.78 is 15.2. The van der Waals surface area contributed by atoms with E-state index in [0.717, 1.165) is 30.3 Å². The van der Waals surface area contributed by atoms with Crippen molar-refractivity contribution in [2.75, 3.05) is 31.1 Å². The van der Waals surface area contributed by atoms with Gasteiger partial charge in [-0.15, -0.1) is 0 Å². The van der Waals surface area contributed by atoms with Gasteiger partial charge in [0.25, 0.3) is 0 Å². The van der Waals surface area contributed by atoms with E-state index in [1.54, 1.807) is 18.5 Å². The van der Waals surface area contributed by atoms with Crippen LogP contribution in [0, 0.1) is 5.82 Å². The lowest BCUT2D eigenvalue weighted by Crippen LogP contribution is -2.49. The number of hydrogen-bond donors (Lipinski definition) is 0. The van der Waals surface area contributed by atoms with Crippen LogP contribution >= 0.6 is 11.6 Å². The van der Waals surface area contributed by atoms with E-state index in [9.17, 15) is 9.18 Å². The van der Waals surface area contributed by atoms with Gasteiger partial charge in [0.2, 0.25) is 5.91 Å². The van der Waals surface area contributed by atoms with Crippen LogP contribution in [0.4, 0.5) is 10.2 Å².